The van der Waals surface area contributed by atoms with Gasteiger partial charge in [0.15, 0.2) is 0 Å². The van der Waals surface area contributed by atoms with E-state index >= 15 is 0 Å². The van der Waals surface area contributed by atoms with E-state index in [1.54, 1.807) is 0 Å². The van der Waals surface area contributed by atoms with E-state index < -0.39 is 0 Å². The van der Waals surface area contributed by atoms with Crippen LogP contribution in [0.5, 0.6) is 0 Å². The standard InChI is InChI=1S/C17H20ClN3.C5H10O2/c1-11-14(5-2-6-15(11)18)17-9-16(19-20-17)12-8-13-4-3-7-21(13)10-12;1-5(2,3)7-4-6/h2,5-6,9,12-13H,3-4,7-8,10H2,1H3,(H,19,20);4H,1-3H3. The van der Waals surface area contributed by atoms with Gasteiger partial charge in [0, 0.05) is 34.8 Å². The predicted octanol–water partition coefficient (Wildman–Crippen LogP) is 4.95. The van der Waals surface area contributed by atoms with Gasteiger partial charge in [-0.3, -0.25) is 14.8 Å². The molecule has 4 rings (SSSR count). The van der Waals surface area contributed by atoms with Crippen LogP contribution in [0, 0.1) is 6.92 Å². The van der Waals surface area contributed by atoms with Gasteiger partial charge in [0.25, 0.3) is 6.47 Å². The van der Waals surface area contributed by atoms with E-state index in [9.17, 15) is 4.79 Å². The molecule has 3 heterocycles. The van der Waals surface area contributed by atoms with Crippen molar-refractivity contribution in [2.24, 2.45) is 0 Å². The van der Waals surface area contributed by atoms with E-state index in [0.717, 1.165) is 27.9 Å². The first kappa shape index (κ1) is 20.9. The lowest BCUT2D eigenvalue weighted by atomic mass is 9.98. The zero-order valence-electron chi connectivity index (χ0n) is 17.2. The summed E-state index contributed by atoms with van der Waals surface area (Å²) < 4.78 is 4.55. The van der Waals surface area contributed by atoms with Crippen molar-refractivity contribution in [3.05, 3.63) is 40.5 Å². The molecule has 0 saturated carbocycles. The molecular formula is C22H30ClN3O2. The second-order valence-electron chi connectivity index (χ2n) is 8.67. The van der Waals surface area contributed by atoms with E-state index in [-0.39, 0.29) is 5.60 Å². The van der Waals surface area contributed by atoms with E-state index in [0.29, 0.717) is 12.4 Å². The molecule has 0 radical (unpaired) electrons. The molecule has 28 heavy (non-hydrogen) atoms. The number of carbonyl (C=O) groups excluding carboxylic acids is 1. The minimum Gasteiger partial charge on any atom is -0.462 e. The lowest BCUT2D eigenvalue weighted by Gasteiger charge is -2.14. The number of rotatable bonds is 3. The van der Waals surface area contributed by atoms with Crippen LogP contribution < -0.4 is 0 Å². The molecule has 6 heteroatoms. The van der Waals surface area contributed by atoms with Gasteiger partial charge in [-0.15, -0.1) is 0 Å². The van der Waals surface area contributed by atoms with Crippen molar-refractivity contribution in [3.63, 3.8) is 0 Å². The number of aromatic amines is 1. The number of nitrogens with zero attached hydrogens (tertiary/aromatic N) is 2. The largest absolute Gasteiger partial charge is 0.462 e. The van der Waals surface area contributed by atoms with Crippen molar-refractivity contribution in [2.75, 3.05) is 13.1 Å². The second kappa shape index (κ2) is 8.66. The van der Waals surface area contributed by atoms with Gasteiger partial charge in [-0.25, -0.2) is 0 Å². The zero-order valence-corrected chi connectivity index (χ0v) is 17.9. The Morgan fingerprint density at radius 1 is 1.36 bits per heavy atom. The Bertz CT molecular complexity index is 800. The maximum Gasteiger partial charge on any atom is 0.293 e. The van der Waals surface area contributed by atoms with Gasteiger partial charge in [-0.2, -0.15) is 5.10 Å². The molecule has 2 aromatic rings. The molecule has 2 aliphatic rings. The summed E-state index contributed by atoms with van der Waals surface area (Å²) >= 11 is 6.22. The summed E-state index contributed by atoms with van der Waals surface area (Å²) in [5.41, 5.74) is 4.20. The second-order valence-corrected chi connectivity index (χ2v) is 9.08. The quantitative estimate of drug-likeness (QED) is 0.736. The number of nitrogens with one attached hydrogen (secondary N) is 1. The van der Waals surface area contributed by atoms with Crippen LogP contribution in [0.25, 0.3) is 11.3 Å². The Hall–Kier alpha value is -1.85. The molecule has 2 atom stereocenters. The van der Waals surface area contributed by atoms with Crippen LogP contribution in [0.1, 0.15) is 57.2 Å². The summed E-state index contributed by atoms with van der Waals surface area (Å²) in [6.45, 7) is 10.4. The van der Waals surface area contributed by atoms with Crippen molar-refractivity contribution < 1.29 is 9.53 Å². The number of benzene rings is 1. The molecule has 2 saturated heterocycles. The molecule has 1 aromatic heterocycles. The normalized spacial score (nSPS) is 21.8. The molecule has 0 aliphatic carbocycles. The van der Waals surface area contributed by atoms with Crippen LogP contribution in [-0.2, 0) is 9.53 Å². The Morgan fingerprint density at radius 3 is 2.79 bits per heavy atom. The molecule has 1 N–H and O–H groups in total. The number of fused-ring (bicyclic) bond motifs is 1. The molecule has 2 fully saturated rings. The Balaban J connectivity index is 0.000000279. The highest BCUT2D eigenvalue weighted by Crippen LogP contribution is 2.37. The first-order valence-electron chi connectivity index (χ1n) is 9.95. The summed E-state index contributed by atoms with van der Waals surface area (Å²) in [6, 6.07) is 9.03. The Morgan fingerprint density at radius 2 is 2.14 bits per heavy atom. The van der Waals surface area contributed by atoms with Crippen LogP contribution in [0.2, 0.25) is 5.02 Å². The number of carbonyl (C=O) groups is 1. The van der Waals surface area contributed by atoms with E-state index in [1.807, 2.05) is 32.9 Å². The van der Waals surface area contributed by atoms with Crippen molar-refractivity contribution in [1.29, 1.82) is 0 Å². The number of hydrogen-bond acceptors (Lipinski definition) is 4. The summed E-state index contributed by atoms with van der Waals surface area (Å²) in [5, 5.41) is 8.59. The Labute approximate surface area is 172 Å². The fourth-order valence-electron chi connectivity index (χ4n) is 4.03. The topological polar surface area (TPSA) is 58.2 Å². The first-order valence-corrected chi connectivity index (χ1v) is 10.3. The van der Waals surface area contributed by atoms with Gasteiger partial charge in [-0.05, 0) is 71.2 Å². The molecule has 0 spiro atoms. The average Bonchev–Trinajstić information content (AvgIpc) is 3.31. The molecule has 2 unspecified atom stereocenters. The Kier molecular flexibility index (Phi) is 6.46. The van der Waals surface area contributed by atoms with Gasteiger partial charge < -0.3 is 4.74 Å². The highest BCUT2D eigenvalue weighted by Gasteiger charge is 2.36. The molecule has 5 nitrogen and oxygen atoms in total. The fraction of sp³-hybridized carbons (Fsp3) is 0.545. The number of H-pyrrole nitrogens is 1. The lowest BCUT2D eigenvalue weighted by Crippen LogP contribution is -2.22. The van der Waals surface area contributed by atoms with Crippen LogP contribution in [-0.4, -0.2) is 46.3 Å². The van der Waals surface area contributed by atoms with Gasteiger partial charge >= 0.3 is 0 Å². The maximum absolute atomic E-state index is 9.60. The van der Waals surface area contributed by atoms with Crippen LogP contribution in [0.4, 0.5) is 0 Å². The average molecular weight is 404 g/mol. The number of aromatic nitrogens is 2. The van der Waals surface area contributed by atoms with Gasteiger partial charge in [0.2, 0.25) is 0 Å². The van der Waals surface area contributed by atoms with Crippen molar-refractivity contribution in [1.82, 2.24) is 15.1 Å². The number of ether oxygens (including phenoxy) is 1. The zero-order chi connectivity index (χ0) is 20.3. The minimum absolute atomic E-state index is 0.318. The van der Waals surface area contributed by atoms with Crippen molar-refractivity contribution in [2.45, 2.75) is 64.5 Å². The van der Waals surface area contributed by atoms with Crippen LogP contribution >= 0.6 is 11.6 Å². The smallest absolute Gasteiger partial charge is 0.293 e. The highest BCUT2D eigenvalue weighted by molar-refractivity contribution is 6.31. The van der Waals surface area contributed by atoms with E-state index in [4.69, 9.17) is 11.6 Å². The summed E-state index contributed by atoms with van der Waals surface area (Å²) in [6.07, 6.45) is 4.01. The monoisotopic (exact) mass is 403 g/mol. The third kappa shape index (κ3) is 4.95. The fourth-order valence-corrected chi connectivity index (χ4v) is 4.20. The SMILES string of the molecule is CC(C)(C)OC=O.Cc1c(Cl)cccc1-c1cc(C2CC3CCCN3C2)[nH]n1. The van der Waals surface area contributed by atoms with E-state index in [2.05, 4.69) is 38.9 Å². The molecule has 0 bridgehead atoms. The third-order valence-electron chi connectivity index (χ3n) is 5.49. The summed E-state index contributed by atoms with van der Waals surface area (Å²) in [7, 11) is 0. The summed E-state index contributed by atoms with van der Waals surface area (Å²) in [5.74, 6) is 0.607. The molecular weight excluding hydrogens is 374 g/mol. The van der Waals surface area contributed by atoms with E-state index in [1.165, 1.54) is 38.0 Å². The predicted molar refractivity (Wildman–Crippen MR) is 113 cm³/mol. The third-order valence-corrected chi connectivity index (χ3v) is 5.90. The van der Waals surface area contributed by atoms with Crippen molar-refractivity contribution >= 4 is 18.1 Å². The van der Waals surface area contributed by atoms with Gasteiger partial charge in [-0.1, -0.05) is 23.7 Å². The summed E-state index contributed by atoms with van der Waals surface area (Å²) in [4.78, 5) is 12.2. The number of hydrogen-bond donors (Lipinski definition) is 1. The van der Waals surface area contributed by atoms with Crippen LogP contribution in [0.3, 0.4) is 0 Å². The lowest BCUT2D eigenvalue weighted by molar-refractivity contribution is -0.138. The van der Waals surface area contributed by atoms with Crippen molar-refractivity contribution in [3.8, 4) is 11.3 Å². The van der Waals surface area contributed by atoms with Crippen LogP contribution in [0.15, 0.2) is 24.3 Å². The maximum atomic E-state index is 9.60. The minimum atomic E-state index is -0.318. The molecule has 152 valence electrons. The molecule has 2 aliphatic heterocycles. The molecule has 1 aromatic carbocycles. The van der Waals surface area contributed by atoms with Gasteiger partial charge in [0.1, 0.15) is 5.60 Å². The highest BCUT2D eigenvalue weighted by atomic mass is 35.5. The van der Waals surface area contributed by atoms with Gasteiger partial charge in [0.05, 0.1) is 5.69 Å². The first-order chi connectivity index (χ1) is 13.3. The molecule has 0 amide bonds. The number of halogens is 1.